The van der Waals surface area contributed by atoms with Crippen molar-refractivity contribution in [1.82, 2.24) is 0 Å². The van der Waals surface area contributed by atoms with Gasteiger partial charge in [0.05, 0.1) is 0 Å². The molecule has 0 aliphatic heterocycles. The smallest absolute Gasteiger partial charge is 0.0245 e. The molecule has 0 spiro atoms. The Morgan fingerprint density at radius 1 is 0.531 bits per heavy atom. The van der Waals surface area contributed by atoms with Crippen molar-refractivity contribution in [3.05, 3.63) is 95.1 Å². The van der Waals surface area contributed by atoms with E-state index in [1.165, 1.54) is 22.3 Å². The number of rotatable bonds is 3. The van der Waals surface area contributed by atoms with E-state index in [9.17, 15) is 0 Å². The maximum absolute atomic E-state index is 3.52. The first kappa shape index (κ1) is 22.0. The third kappa shape index (κ3) is 5.93. The molecule has 0 atom stereocenters. The van der Waals surface area contributed by atoms with Crippen LogP contribution >= 0.6 is 0 Å². The van der Waals surface area contributed by atoms with Gasteiger partial charge in [0.25, 0.3) is 0 Å². The van der Waals surface area contributed by atoms with Crippen LogP contribution in [0.25, 0.3) is 11.1 Å². The summed E-state index contributed by atoms with van der Waals surface area (Å²) in [6, 6.07) is 26.2. The second-order valence-corrected chi connectivity index (χ2v) is 8.77. The SMILES string of the molecule is CCc1ccc(C#CC2CCC(C#Cc3ccc(-c4ccc(CC)cc4)cc3)CC2)cc1. The van der Waals surface area contributed by atoms with Gasteiger partial charge in [0.15, 0.2) is 0 Å². The quantitative estimate of drug-likeness (QED) is 0.384. The Labute approximate surface area is 194 Å². The standard InChI is InChI=1S/C32H32/c1-3-25-5-7-27(8-6-25)9-10-28-11-13-29(14-12-28)15-16-30-19-23-32(24-20-30)31-21-17-26(4-2)18-22-31/h5-8,17-24,28-29H,3-4,11-14H2,1-2H3. The van der Waals surface area contributed by atoms with E-state index in [1.54, 1.807) is 0 Å². The fraction of sp³-hybridized carbons (Fsp3) is 0.312. The summed E-state index contributed by atoms with van der Waals surface area (Å²) >= 11 is 0. The van der Waals surface area contributed by atoms with Crippen LogP contribution in [0, 0.1) is 35.5 Å². The number of benzene rings is 3. The summed E-state index contributed by atoms with van der Waals surface area (Å²) in [6.45, 7) is 4.37. The lowest BCUT2D eigenvalue weighted by Gasteiger charge is -2.21. The van der Waals surface area contributed by atoms with Gasteiger partial charge in [-0.15, -0.1) is 0 Å². The van der Waals surface area contributed by atoms with Crippen LogP contribution in [0.4, 0.5) is 0 Å². The minimum Gasteiger partial charge on any atom is -0.0945 e. The fourth-order valence-corrected chi connectivity index (χ4v) is 4.26. The number of aryl methyl sites for hydroxylation is 2. The molecule has 0 unspecified atom stereocenters. The molecule has 3 aromatic carbocycles. The van der Waals surface area contributed by atoms with Gasteiger partial charge in [0, 0.05) is 23.0 Å². The van der Waals surface area contributed by atoms with Gasteiger partial charge in [-0.3, -0.25) is 0 Å². The second-order valence-electron chi connectivity index (χ2n) is 8.77. The Kier molecular flexibility index (Phi) is 7.48. The molecule has 0 nitrogen and oxygen atoms in total. The van der Waals surface area contributed by atoms with Crippen LogP contribution in [-0.4, -0.2) is 0 Å². The van der Waals surface area contributed by atoms with Crippen LogP contribution in [-0.2, 0) is 12.8 Å². The minimum absolute atomic E-state index is 0.498. The van der Waals surface area contributed by atoms with Crippen molar-refractivity contribution < 1.29 is 0 Å². The van der Waals surface area contributed by atoms with Crippen LogP contribution < -0.4 is 0 Å². The third-order valence-corrected chi connectivity index (χ3v) is 6.51. The van der Waals surface area contributed by atoms with Crippen LogP contribution in [0.1, 0.15) is 61.8 Å². The zero-order valence-electron chi connectivity index (χ0n) is 19.3. The first-order valence-corrected chi connectivity index (χ1v) is 12.0. The molecule has 0 heterocycles. The molecule has 0 bridgehead atoms. The Bertz CT molecular complexity index is 1120. The van der Waals surface area contributed by atoms with Gasteiger partial charge in [-0.2, -0.15) is 0 Å². The van der Waals surface area contributed by atoms with Gasteiger partial charge >= 0.3 is 0 Å². The van der Waals surface area contributed by atoms with Crippen LogP contribution in [0.3, 0.4) is 0 Å². The average molecular weight is 417 g/mol. The van der Waals surface area contributed by atoms with Crippen molar-refractivity contribution in [2.75, 3.05) is 0 Å². The van der Waals surface area contributed by atoms with Crippen molar-refractivity contribution in [3.8, 4) is 34.8 Å². The molecular formula is C32H32. The van der Waals surface area contributed by atoms with Gasteiger partial charge in [0.2, 0.25) is 0 Å². The number of hydrogen-bond donors (Lipinski definition) is 0. The molecular weight excluding hydrogens is 384 g/mol. The van der Waals surface area contributed by atoms with Crippen LogP contribution in [0.15, 0.2) is 72.8 Å². The highest BCUT2D eigenvalue weighted by Gasteiger charge is 2.18. The van der Waals surface area contributed by atoms with Gasteiger partial charge in [-0.25, -0.2) is 0 Å². The summed E-state index contributed by atoms with van der Waals surface area (Å²) in [5, 5.41) is 0. The van der Waals surface area contributed by atoms with E-state index in [0.29, 0.717) is 11.8 Å². The molecule has 0 saturated heterocycles. The van der Waals surface area contributed by atoms with E-state index in [0.717, 1.165) is 49.7 Å². The van der Waals surface area contributed by atoms with Crippen molar-refractivity contribution in [3.63, 3.8) is 0 Å². The molecule has 0 aromatic heterocycles. The monoisotopic (exact) mass is 416 g/mol. The molecule has 1 aliphatic carbocycles. The summed E-state index contributed by atoms with van der Waals surface area (Å²) in [7, 11) is 0. The van der Waals surface area contributed by atoms with Gasteiger partial charge < -0.3 is 0 Å². The summed E-state index contributed by atoms with van der Waals surface area (Å²) in [4.78, 5) is 0. The maximum atomic E-state index is 3.52. The lowest BCUT2D eigenvalue weighted by Crippen LogP contribution is -2.11. The highest BCUT2D eigenvalue weighted by molar-refractivity contribution is 5.64. The summed E-state index contributed by atoms with van der Waals surface area (Å²) < 4.78 is 0. The molecule has 0 heteroatoms. The van der Waals surface area contributed by atoms with E-state index < -0.39 is 0 Å². The fourth-order valence-electron chi connectivity index (χ4n) is 4.26. The first-order valence-electron chi connectivity index (χ1n) is 12.0. The van der Waals surface area contributed by atoms with Crippen molar-refractivity contribution in [2.45, 2.75) is 52.4 Å². The summed E-state index contributed by atoms with van der Waals surface area (Å²) in [6.07, 6.45) is 6.79. The van der Waals surface area contributed by atoms with Gasteiger partial charge in [-0.05, 0) is 85.0 Å². The highest BCUT2D eigenvalue weighted by atomic mass is 14.2. The lowest BCUT2D eigenvalue weighted by atomic mass is 9.82. The molecule has 0 amide bonds. The highest BCUT2D eigenvalue weighted by Crippen LogP contribution is 2.28. The van der Waals surface area contributed by atoms with Gasteiger partial charge in [0.1, 0.15) is 0 Å². The second kappa shape index (κ2) is 10.9. The topological polar surface area (TPSA) is 0 Å². The normalized spacial score (nSPS) is 17.6. The maximum Gasteiger partial charge on any atom is 0.0245 e. The third-order valence-electron chi connectivity index (χ3n) is 6.51. The van der Waals surface area contributed by atoms with Crippen LogP contribution in [0.5, 0.6) is 0 Å². The summed E-state index contributed by atoms with van der Waals surface area (Å²) in [5.74, 6) is 14.8. The Balaban J connectivity index is 1.30. The average Bonchev–Trinajstić information content (AvgIpc) is 2.87. The lowest BCUT2D eigenvalue weighted by molar-refractivity contribution is 0.373. The number of hydrogen-bond acceptors (Lipinski definition) is 0. The van der Waals surface area contributed by atoms with Crippen molar-refractivity contribution in [1.29, 1.82) is 0 Å². The Morgan fingerprint density at radius 2 is 0.875 bits per heavy atom. The zero-order valence-corrected chi connectivity index (χ0v) is 19.3. The first-order chi connectivity index (χ1) is 15.7. The molecule has 160 valence electrons. The van der Waals surface area contributed by atoms with Crippen LogP contribution in [0.2, 0.25) is 0 Å². The molecule has 4 rings (SSSR count). The molecule has 1 fully saturated rings. The molecule has 1 saturated carbocycles. The predicted octanol–water partition coefficient (Wildman–Crippen LogP) is 7.69. The van der Waals surface area contributed by atoms with E-state index in [2.05, 4.69) is 110 Å². The van der Waals surface area contributed by atoms with E-state index in [-0.39, 0.29) is 0 Å². The van der Waals surface area contributed by atoms with E-state index >= 15 is 0 Å². The van der Waals surface area contributed by atoms with Gasteiger partial charge in [-0.1, -0.05) is 86.1 Å². The summed E-state index contributed by atoms with van der Waals surface area (Å²) in [5.41, 5.74) is 7.51. The molecule has 3 aromatic rings. The molecule has 1 aliphatic rings. The largest absolute Gasteiger partial charge is 0.0945 e. The molecule has 32 heavy (non-hydrogen) atoms. The Hall–Kier alpha value is -3.22. The van der Waals surface area contributed by atoms with E-state index in [1.807, 2.05) is 0 Å². The molecule has 0 radical (unpaired) electrons. The predicted molar refractivity (Wildman–Crippen MR) is 136 cm³/mol. The minimum atomic E-state index is 0.498. The zero-order chi connectivity index (χ0) is 22.2. The Morgan fingerprint density at radius 3 is 1.28 bits per heavy atom. The molecule has 0 N–H and O–H groups in total. The van der Waals surface area contributed by atoms with E-state index in [4.69, 9.17) is 0 Å². The van der Waals surface area contributed by atoms with Crippen molar-refractivity contribution >= 4 is 0 Å². The van der Waals surface area contributed by atoms with Crippen molar-refractivity contribution in [2.24, 2.45) is 11.8 Å².